The number of carboxylic acid groups (broad SMARTS) is 1. The fraction of sp³-hybridized carbons (Fsp3) is 0.133. The van der Waals surface area contributed by atoms with E-state index in [2.05, 4.69) is 0 Å². The molecule has 0 aliphatic carbocycles. The quantitative estimate of drug-likeness (QED) is 0.899. The van der Waals surface area contributed by atoms with Crippen LogP contribution in [0, 0.1) is 6.92 Å². The van der Waals surface area contributed by atoms with E-state index < -0.39 is 5.97 Å². The molecular weight excluding hydrogens is 299 g/mol. The number of hydrogen-bond donors (Lipinski definition) is 1. The first kappa shape index (κ1) is 14.7. The number of hydrogen-bond acceptors (Lipinski definition) is 2. The maximum absolute atomic E-state index is 11.0. The molecule has 5 heteroatoms. The van der Waals surface area contributed by atoms with Crippen molar-refractivity contribution in [2.24, 2.45) is 0 Å². The van der Waals surface area contributed by atoms with Crippen molar-refractivity contribution in [1.82, 2.24) is 0 Å². The van der Waals surface area contributed by atoms with Gasteiger partial charge in [0.1, 0.15) is 12.4 Å². The zero-order valence-corrected chi connectivity index (χ0v) is 12.2. The Morgan fingerprint density at radius 3 is 2.60 bits per heavy atom. The summed E-state index contributed by atoms with van der Waals surface area (Å²) in [7, 11) is 0. The first-order valence-corrected chi connectivity index (χ1v) is 6.63. The first-order chi connectivity index (χ1) is 9.45. The standard InChI is InChI=1S/C15H12Cl2O3/c1-9-2-3-14(13(17)4-9)20-8-10-5-11(15(18)19)7-12(16)6-10/h2-7H,8H2,1H3,(H,18,19). The van der Waals surface area contributed by atoms with Crippen LogP contribution in [0.25, 0.3) is 0 Å². The third-order valence-electron chi connectivity index (χ3n) is 2.69. The van der Waals surface area contributed by atoms with Gasteiger partial charge in [-0.15, -0.1) is 0 Å². The molecule has 0 aromatic heterocycles. The summed E-state index contributed by atoms with van der Waals surface area (Å²) in [6.45, 7) is 2.13. The summed E-state index contributed by atoms with van der Waals surface area (Å²) in [5.74, 6) is -0.476. The predicted octanol–water partition coefficient (Wildman–Crippen LogP) is 4.58. The van der Waals surface area contributed by atoms with Gasteiger partial charge in [-0.25, -0.2) is 4.79 Å². The van der Waals surface area contributed by atoms with Crippen LogP contribution in [0.1, 0.15) is 21.5 Å². The van der Waals surface area contributed by atoms with E-state index in [0.717, 1.165) is 5.56 Å². The molecule has 0 bridgehead atoms. The number of halogens is 2. The summed E-state index contributed by atoms with van der Waals surface area (Å²) >= 11 is 11.9. The maximum atomic E-state index is 11.0. The molecule has 0 heterocycles. The van der Waals surface area contributed by atoms with Crippen molar-refractivity contribution in [1.29, 1.82) is 0 Å². The van der Waals surface area contributed by atoms with Gasteiger partial charge in [0.2, 0.25) is 0 Å². The number of aromatic carboxylic acids is 1. The fourth-order valence-electron chi connectivity index (χ4n) is 1.74. The molecule has 1 N–H and O–H groups in total. The maximum Gasteiger partial charge on any atom is 0.335 e. The monoisotopic (exact) mass is 310 g/mol. The highest BCUT2D eigenvalue weighted by Gasteiger charge is 2.08. The zero-order valence-electron chi connectivity index (χ0n) is 10.7. The Labute approximate surface area is 126 Å². The van der Waals surface area contributed by atoms with Gasteiger partial charge in [-0.05, 0) is 48.4 Å². The molecule has 0 saturated carbocycles. The fourth-order valence-corrected chi connectivity index (χ4v) is 2.29. The Kier molecular flexibility index (Phi) is 4.53. The Morgan fingerprint density at radius 1 is 1.20 bits per heavy atom. The minimum Gasteiger partial charge on any atom is -0.487 e. The predicted molar refractivity (Wildman–Crippen MR) is 78.9 cm³/mol. The first-order valence-electron chi connectivity index (χ1n) is 5.87. The average molecular weight is 311 g/mol. The molecule has 0 spiro atoms. The minimum atomic E-state index is -1.03. The van der Waals surface area contributed by atoms with Gasteiger partial charge in [0.05, 0.1) is 10.6 Å². The lowest BCUT2D eigenvalue weighted by atomic mass is 10.1. The number of carbonyl (C=O) groups is 1. The number of carboxylic acids is 1. The molecule has 0 fully saturated rings. The largest absolute Gasteiger partial charge is 0.487 e. The van der Waals surface area contributed by atoms with Crippen molar-refractivity contribution in [3.8, 4) is 5.75 Å². The van der Waals surface area contributed by atoms with E-state index in [1.807, 2.05) is 13.0 Å². The van der Waals surface area contributed by atoms with Crippen molar-refractivity contribution in [2.75, 3.05) is 0 Å². The second kappa shape index (κ2) is 6.16. The number of benzene rings is 2. The van der Waals surface area contributed by atoms with Gasteiger partial charge in [0.15, 0.2) is 0 Å². The van der Waals surface area contributed by atoms with Gasteiger partial charge in [-0.3, -0.25) is 0 Å². The lowest BCUT2D eigenvalue weighted by molar-refractivity contribution is 0.0696. The molecule has 2 aromatic carbocycles. The van der Waals surface area contributed by atoms with Crippen LogP contribution in [0.2, 0.25) is 10.0 Å². The van der Waals surface area contributed by atoms with Gasteiger partial charge in [-0.1, -0.05) is 29.3 Å². The van der Waals surface area contributed by atoms with Crippen LogP contribution in [0.4, 0.5) is 0 Å². The Morgan fingerprint density at radius 2 is 1.95 bits per heavy atom. The topological polar surface area (TPSA) is 46.5 Å². The van der Waals surface area contributed by atoms with Gasteiger partial charge in [0, 0.05) is 5.02 Å². The molecule has 0 amide bonds. The van der Waals surface area contributed by atoms with Crippen molar-refractivity contribution in [2.45, 2.75) is 13.5 Å². The number of aryl methyl sites for hydroxylation is 1. The van der Waals surface area contributed by atoms with Gasteiger partial charge in [0.25, 0.3) is 0 Å². The molecular formula is C15H12Cl2O3. The Bertz CT molecular complexity index is 654. The van der Waals surface area contributed by atoms with E-state index in [0.29, 0.717) is 21.4 Å². The highest BCUT2D eigenvalue weighted by atomic mass is 35.5. The van der Waals surface area contributed by atoms with E-state index in [9.17, 15) is 4.79 Å². The van der Waals surface area contributed by atoms with Crippen LogP contribution in [0.3, 0.4) is 0 Å². The smallest absolute Gasteiger partial charge is 0.335 e. The molecule has 0 radical (unpaired) electrons. The van der Waals surface area contributed by atoms with Gasteiger partial charge in [-0.2, -0.15) is 0 Å². The number of ether oxygens (including phenoxy) is 1. The summed E-state index contributed by atoms with van der Waals surface area (Å²) < 4.78 is 5.58. The molecule has 104 valence electrons. The van der Waals surface area contributed by atoms with Crippen LogP contribution in [-0.2, 0) is 6.61 Å². The SMILES string of the molecule is Cc1ccc(OCc2cc(Cl)cc(C(=O)O)c2)c(Cl)c1. The van der Waals surface area contributed by atoms with E-state index >= 15 is 0 Å². The molecule has 0 unspecified atom stereocenters. The summed E-state index contributed by atoms with van der Waals surface area (Å²) in [5, 5.41) is 9.85. The van der Waals surface area contributed by atoms with E-state index in [4.69, 9.17) is 33.0 Å². The van der Waals surface area contributed by atoms with Crippen LogP contribution >= 0.6 is 23.2 Å². The Hall–Kier alpha value is -1.71. The van der Waals surface area contributed by atoms with Crippen LogP contribution in [-0.4, -0.2) is 11.1 Å². The lowest BCUT2D eigenvalue weighted by Crippen LogP contribution is -2.01. The lowest BCUT2D eigenvalue weighted by Gasteiger charge is -2.09. The molecule has 0 aliphatic rings. The average Bonchev–Trinajstić information content (AvgIpc) is 2.37. The van der Waals surface area contributed by atoms with Crippen molar-refractivity contribution in [3.05, 3.63) is 63.1 Å². The van der Waals surface area contributed by atoms with Gasteiger partial charge >= 0.3 is 5.97 Å². The summed E-state index contributed by atoms with van der Waals surface area (Å²) in [4.78, 5) is 11.0. The zero-order chi connectivity index (χ0) is 14.7. The number of rotatable bonds is 4. The van der Waals surface area contributed by atoms with Crippen LogP contribution in [0.5, 0.6) is 5.75 Å². The molecule has 20 heavy (non-hydrogen) atoms. The van der Waals surface area contributed by atoms with E-state index in [-0.39, 0.29) is 12.2 Å². The molecule has 2 aromatic rings. The summed E-state index contributed by atoms with van der Waals surface area (Å²) in [5.41, 5.74) is 1.84. The normalized spacial score (nSPS) is 10.3. The Balaban J connectivity index is 2.16. The second-order valence-corrected chi connectivity index (χ2v) is 5.22. The van der Waals surface area contributed by atoms with Crippen LogP contribution < -0.4 is 4.74 Å². The third-order valence-corrected chi connectivity index (χ3v) is 3.20. The molecule has 0 aliphatic heterocycles. The van der Waals surface area contributed by atoms with Crippen LogP contribution in [0.15, 0.2) is 36.4 Å². The molecule has 0 saturated heterocycles. The van der Waals surface area contributed by atoms with E-state index in [1.54, 1.807) is 18.2 Å². The molecule has 0 atom stereocenters. The summed E-state index contributed by atoms with van der Waals surface area (Å²) in [6, 6.07) is 10.1. The molecule has 3 nitrogen and oxygen atoms in total. The minimum absolute atomic E-state index is 0.131. The van der Waals surface area contributed by atoms with Gasteiger partial charge < -0.3 is 9.84 Å². The molecule has 2 rings (SSSR count). The summed E-state index contributed by atoms with van der Waals surface area (Å²) in [6.07, 6.45) is 0. The highest BCUT2D eigenvalue weighted by molar-refractivity contribution is 6.32. The second-order valence-electron chi connectivity index (χ2n) is 4.38. The van der Waals surface area contributed by atoms with Crippen molar-refractivity contribution < 1.29 is 14.6 Å². The van der Waals surface area contributed by atoms with Crippen molar-refractivity contribution in [3.63, 3.8) is 0 Å². The third kappa shape index (κ3) is 3.65. The van der Waals surface area contributed by atoms with E-state index in [1.165, 1.54) is 12.1 Å². The highest BCUT2D eigenvalue weighted by Crippen LogP contribution is 2.26. The van der Waals surface area contributed by atoms with Crippen molar-refractivity contribution >= 4 is 29.2 Å².